The second-order valence-electron chi connectivity index (χ2n) is 18.1. The van der Waals surface area contributed by atoms with Gasteiger partial charge in [-0.05, 0) is 63.2 Å². The van der Waals surface area contributed by atoms with Gasteiger partial charge in [0.2, 0.25) is 0 Å². The predicted molar refractivity (Wildman–Crippen MR) is 255 cm³/mol. The maximum Gasteiger partial charge on any atom is 0.331 e. The van der Waals surface area contributed by atoms with Gasteiger partial charge >= 0.3 is 11.9 Å². The molecule has 0 amide bonds. The highest BCUT2D eigenvalue weighted by molar-refractivity contribution is 5.91. The van der Waals surface area contributed by atoms with Crippen molar-refractivity contribution in [3.63, 3.8) is 0 Å². The summed E-state index contributed by atoms with van der Waals surface area (Å²) in [6.07, 6.45) is 6.14. The Hall–Kier alpha value is -5.68. The van der Waals surface area contributed by atoms with Gasteiger partial charge in [0.05, 0.1) is 121 Å². The molecule has 15 nitrogen and oxygen atoms in total. The van der Waals surface area contributed by atoms with Gasteiger partial charge < -0.3 is 62.6 Å². The Morgan fingerprint density at radius 1 is 0.574 bits per heavy atom. The molecular weight excluding hydrogens is 873 g/mol. The number of aliphatic hydroxyl groups excluding tert-OH is 4. The summed E-state index contributed by atoms with van der Waals surface area (Å²) in [5, 5.41) is 40.4. The number of methoxy groups -OCH3 is 5. The van der Waals surface area contributed by atoms with E-state index in [0.717, 1.165) is 66.9 Å². The van der Waals surface area contributed by atoms with Crippen LogP contribution in [0.15, 0.2) is 66.7 Å². The number of rotatable bonds is 23. The van der Waals surface area contributed by atoms with Crippen LogP contribution in [0.25, 0.3) is 0 Å². The van der Waals surface area contributed by atoms with Gasteiger partial charge in [-0.25, -0.2) is 9.59 Å². The fourth-order valence-corrected chi connectivity index (χ4v) is 10.3. The number of hydrogen-bond donors (Lipinski definition) is 4. The third-order valence-electron chi connectivity index (χ3n) is 14.1. The molecule has 2 aliphatic rings. The van der Waals surface area contributed by atoms with Gasteiger partial charge in [0.1, 0.15) is 17.8 Å². The van der Waals surface area contributed by atoms with Crippen LogP contribution in [-0.2, 0) is 71.2 Å². The molecule has 4 aromatic rings. The predicted octanol–water partition coefficient (Wildman–Crippen LogP) is 5.39. The van der Waals surface area contributed by atoms with Crippen molar-refractivity contribution in [3.05, 3.63) is 122 Å². The van der Waals surface area contributed by atoms with Crippen molar-refractivity contribution in [1.29, 1.82) is 0 Å². The molecule has 0 saturated heterocycles. The van der Waals surface area contributed by atoms with E-state index in [1.807, 2.05) is 36.4 Å². The number of quaternary nitrogens is 2. The summed E-state index contributed by atoms with van der Waals surface area (Å²) in [4.78, 5) is 25.7. The fourth-order valence-electron chi connectivity index (χ4n) is 10.3. The van der Waals surface area contributed by atoms with Gasteiger partial charge in [0.15, 0.2) is 23.0 Å². The van der Waals surface area contributed by atoms with Gasteiger partial charge in [0.25, 0.3) is 0 Å². The van der Waals surface area contributed by atoms with Crippen LogP contribution in [0, 0.1) is 0 Å². The minimum Gasteiger partial charge on any atom is -0.496 e. The number of carbonyl (C=O) groups excluding carboxylic acids is 2. The van der Waals surface area contributed by atoms with Crippen molar-refractivity contribution >= 4 is 11.9 Å². The lowest BCUT2D eigenvalue weighted by atomic mass is 9.82. The van der Waals surface area contributed by atoms with Gasteiger partial charge in [-0.2, -0.15) is 0 Å². The van der Waals surface area contributed by atoms with Crippen molar-refractivity contribution in [2.45, 2.75) is 77.0 Å². The van der Waals surface area contributed by atoms with E-state index in [0.29, 0.717) is 92.2 Å². The molecule has 0 radical (unpaired) electrons. The summed E-state index contributed by atoms with van der Waals surface area (Å²) < 4.78 is 40.9. The molecule has 2 aliphatic heterocycles. The number of ether oxygens (including phenoxy) is 7. The minimum absolute atomic E-state index is 0.0510. The molecule has 15 heteroatoms. The first kappa shape index (κ1) is 51.7. The van der Waals surface area contributed by atoms with E-state index < -0.39 is 11.9 Å². The van der Waals surface area contributed by atoms with Crippen molar-refractivity contribution in [3.8, 4) is 28.7 Å². The van der Waals surface area contributed by atoms with Crippen LogP contribution in [0.1, 0.15) is 80.6 Å². The summed E-state index contributed by atoms with van der Waals surface area (Å²) in [6.45, 7) is 2.34. The van der Waals surface area contributed by atoms with Gasteiger partial charge in [-0.15, -0.1) is 0 Å². The number of hydrogen-bond acceptors (Lipinski definition) is 13. The maximum absolute atomic E-state index is 12.8. The first-order valence-electron chi connectivity index (χ1n) is 23.2. The van der Waals surface area contributed by atoms with Crippen LogP contribution in [0.4, 0.5) is 0 Å². The second kappa shape index (κ2) is 23.6. The molecule has 0 aromatic heterocycles. The lowest BCUT2D eigenvalue weighted by Gasteiger charge is -2.46. The van der Waals surface area contributed by atoms with Crippen molar-refractivity contribution in [2.24, 2.45) is 0 Å². The molecule has 4 N–H and O–H groups in total. The molecule has 368 valence electrons. The van der Waals surface area contributed by atoms with E-state index >= 15 is 0 Å². The molecule has 0 aliphatic carbocycles. The lowest BCUT2D eigenvalue weighted by Crippen LogP contribution is -2.53. The van der Waals surface area contributed by atoms with Crippen LogP contribution in [-0.4, -0.2) is 130 Å². The maximum atomic E-state index is 12.8. The molecule has 68 heavy (non-hydrogen) atoms. The molecular formula is C53H70N2O13+2. The molecule has 0 spiro atoms. The van der Waals surface area contributed by atoms with Crippen molar-refractivity contribution < 1.29 is 72.1 Å². The van der Waals surface area contributed by atoms with E-state index in [4.69, 9.17) is 33.2 Å². The summed E-state index contributed by atoms with van der Waals surface area (Å²) in [5.41, 5.74) is 8.90. The average molecular weight is 943 g/mol. The number of carbonyl (C=O) groups is 2. The zero-order valence-electron chi connectivity index (χ0n) is 40.7. The van der Waals surface area contributed by atoms with Crippen molar-refractivity contribution in [2.75, 3.05) is 89.0 Å². The number of likely N-dealkylation sites (N-methyl/N-ethyl adjacent to an activating group) is 2. The van der Waals surface area contributed by atoms with Crippen LogP contribution >= 0.6 is 0 Å². The van der Waals surface area contributed by atoms with E-state index in [9.17, 15) is 30.0 Å². The van der Waals surface area contributed by atoms with Crippen LogP contribution in [0.5, 0.6) is 28.7 Å². The third kappa shape index (κ3) is 11.6. The van der Waals surface area contributed by atoms with Gasteiger partial charge in [-0.1, -0.05) is 30.3 Å². The highest BCUT2D eigenvalue weighted by Gasteiger charge is 2.43. The Balaban J connectivity index is 1.06. The molecule has 4 unspecified atom stereocenters. The number of fused-ring (bicyclic) bond motifs is 2. The highest BCUT2D eigenvalue weighted by Crippen LogP contribution is 2.46. The average Bonchev–Trinajstić information content (AvgIpc) is 3.36. The topological polar surface area (TPSA) is 180 Å². The number of aliphatic hydroxyl groups is 4. The quantitative estimate of drug-likeness (QED) is 0.0322. The molecule has 0 fully saturated rings. The Labute approximate surface area is 400 Å². The normalized spacial score (nSPS) is 19.8. The Morgan fingerprint density at radius 3 is 1.68 bits per heavy atom. The monoisotopic (exact) mass is 942 g/mol. The van der Waals surface area contributed by atoms with E-state index in [1.165, 1.54) is 11.1 Å². The van der Waals surface area contributed by atoms with Crippen LogP contribution in [0.2, 0.25) is 0 Å². The number of esters is 2. The second-order valence-corrected chi connectivity index (χ2v) is 18.1. The summed E-state index contributed by atoms with van der Waals surface area (Å²) in [6, 6.07) is 17.7. The molecule has 4 atom stereocenters. The Morgan fingerprint density at radius 2 is 1.10 bits per heavy atom. The van der Waals surface area contributed by atoms with Crippen LogP contribution < -0.4 is 23.7 Å². The number of nitrogens with zero attached hydrogens (tertiary/aromatic N) is 2. The third-order valence-corrected chi connectivity index (χ3v) is 14.1. The molecule has 6 rings (SSSR count). The van der Waals surface area contributed by atoms with Gasteiger partial charge in [-0.3, -0.25) is 0 Å². The van der Waals surface area contributed by atoms with E-state index in [2.05, 4.69) is 32.3 Å². The van der Waals surface area contributed by atoms with Crippen LogP contribution in [0.3, 0.4) is 0 Å². The summed E-state index contributed by atoms with van der Waals surface area (Å²) >= 11 is 0. The molecule has 4 aromatic carbocycles. The van der Waals surface area contributed by atoms with Crippen molar-refractivity contribution in [1.82, 2.24) is 0 Å². The molecule has 0 bridgehead atoms. The van der Waals surface area contributed by atoms with E-state index in [-0.39, 0.29) is 51.7 Å². The smallest absolute Gasteiger partial charge is 0.331 e. The first-order chi connectivity index (χ1) is 32.8. The minimum atomic E-state index is -0.647. The largest absolute Gasteiger partial charge is 0.496 e. The number of benzene rings is 4. The van der Waals surface area contributed by atoms with E-state index in [1.54, 1.807) is 35.5 Å². The molecule has 0 saturated carbocycles. The zero-order chi connectivity index (χ0) is 49.0. The van der Waals surface area contributed by atoms with Gasteiger partial charge in [0, 0.05) is 61.8 Å². The lowest BCUT2D eigenvalue weighted by molar-refractivity contribution is -0.941. The standard InChI is InChI=1S/C53H70N2O13/c1-54(20-16-37-29-48(64-5)49(65-6)30-42(37)44(54)25-36-11-13-46(62-3)47(27-36)63-4)18-8-22-67-50(60)14-15-51(61)68-23-9-19-55(2)21-17-38-28-41(33-58)43(34-59)53(66-7)52(38)45(55)26-35-10-12-39(31-56)40(24-35)32-57/h10-15,24,27-30,44-45,56-59H,8-9,16-23,25-26,31-34H2,1-7H3/q+2/b15-14-. The molecule has 2 heterocycles. The first-order valence-corrected chi connectivity index (χ1v) is 23.2. The summed E-state index contributed by atoms with van der Waals surface area (Å²) in [7, 11) is 12.5. The fraction of sp³-hybridized carbons (Fsp3) is 0.472. The SMILES string of the molecule is COc1ccc(CC2c3cc(OC)c(OC)cc3CC[N+]2(C)CCCOC(=O)/C=C\C(=O)OCCC[N+]2(C)CCc3cc(CO)c(CO)c(OC)c3C2Cc2ccc(CO)c(CO)c2)cc1OC. The Bertz CT molecular complexity index is 2420. The Kier molecular flexibility index (Phi) is 17.9. The zero-order valence-corrected chi connectivity index (χ0v) is 40.7. The highest BCUT2D eigenvalue weighted by atomic mass is 16.5. The summed E-state index contributed by atoms with van der Waals surface area (Å²) in [5.74, 6) is 1.96.